The van der Waals surface area contributed by atoms with Crippen LogP contribution in [0.2, 0.25) is 0 Å². The lowest BCUT2D eigenvalue weighted by atomic mass is 10.3. The molecule has 0 unspecified atom stereocenters. The normalized spacial score (nSPS) is 15.4. The first-order valence-corrected chi connectivity index (χ1v) is 6.87. The van der Waals surface area contributed by atoms with Crippen molar-refractivity contribution in [1.82, 2.24) is 20.2 Å². The van der Waals surface area contributed by atoms with Gasteiger partial charge in [0.1, 0.15) is 6.07 Å². The molecule has 1 fully saturated rings. The van der Waals surface area contributed by atoms with E-state index in [1.54, 1.807) is 18.5 Å². The first-order chi connectivity index (χ1) is 10.4. The number of hydrogen-bond acceptors (Lipinski definition) is 7. The summed E-state index contributed by atoms with van der Waals surface area (Å²) in [6.45, 7) is 3.50. The maximum Gasteiger partial charge on any atom is 0.225 e. The maximum atomic E-state index is 8.76. The van der Waals surface area contributed by atoms with Crippen LogP contribution in [0.4, 0.5) is 11.8 Å². The summed E-state index contributed by atoms with van der Waals surface area (Å²) >= 11 is 0. The Morgan fingerprint density at radius 1 is 0.952 bits per heavy atom. The van der Waals surface area contributed by atoms with Crippen molar-refractivity contribution in [3.8, 4) is 6.07 Å². The number of nitriles is 1. The van der Waals surface area contributed by atoms with Crippen LogP contribution < -0.4 is 9.80 Å². The Labute approximate surface area is 122 Å². The van der Waals surface area contributed by atoms with E-state index in [-0.39, 0.29) is 0 Å². The van der Waals surface area contributed by atoms with Crippen LogP contribution in [0.1, 0.15) is 12.1 Å². The summed E-state index contributed by atoms with van der Waals surface area (Å²) in [6, 6.07) is 7.35. The second-order valence-electron chi connectivity index (χ2n) is 4.77. The molecule has 0 radical (unpaired) electrons. The number of rotatable bonds is 2. The van der Waals surface area contributed by atoms with Crippen LogP contribution in [0.25, 0.3) is 0 Å². The van der Waals surface area contributed by atoms with Gasteiger partial charge in [0.05, 0.1) is 0 Å². The van der Waals surface area contributed by atoms with Gasteiger partial charge in [-0.25, -0.2) is 9.97 Å². The summed E-state index contributed by atoms with van der Waals surface area (Å²) in [5.74, 6) is 1.58. The average molecular weight is 281 g/mol. The largest absolute Gasteiger partial charge is 0.353 e. The van der Waals surface area contributed by atoms with Gasteiger partial charge in [-0.3, -0.25) is 0 Å². The zero-order valence-electron chi connectivity index (χ0n) is 11.6. The molecule has 0 aliphatic carbocycles. The summed E-state index contributed by atoms with van der Waals surface area (Å²) in [7, 11) is 0. The fourth-order valence-electron chi connectivity index (χ4n) is 2.35. The summed E-state index contributed by atoms with van der Waals surface area (Å²) in [5.41, 5.74) is 0.341. The van der Waals surface area contributed by atoms with E-state index in [1.807, 2.05) is 18.2 Å². The van der Waals surface area contributed by atoms with Crippen molar-refractivity contribution in [1.29, 1.82) is 5.26 Å². The monoisotopic (exact) mass is 281 g/mol. The van der Waals surface area contributed by atoms with E-state index >= 15 is 0 Å². The van der Waals surface area contributed by atoms with Crippen molar-refractivity contribution >= 4 is 11.8 Å². The average Bonchev–Trinajstić information content (AvgIpc) is 2.82. The Balaban J connectivity index is 1.69. The van der Waals surface area contributed by atoms with Gasteiger partial charge in [-0.2, -0.15) is 5.26 Å². The van der Waals surface area contributed by atoms with Gasteiger partial charge in [0.25, 0.3) is 0 Å². The van der Waals surface area contributed by atoms with Crippen LogP contribution in [0.15, 0.2) is 30.6 Å². The zero-order valence-corrected chi connectivity index (χ0v) is 11.6. The molecular weight excluding hydrogens is 266 g/mol. The summed E-state index contributed by atoms with van der Waals surface area (Å²) in [4.78, 5) is 12.9. The highest BCUT2D eigenvalue weighted by Crippen LogP contribution is 2.15. The molecule has 106 valence electrons. The van der Waals surface area contributed by atoms with E-state index in [0.29, 0.717) is 5.69 Å². The predicted molar refractivity (Wildman–Crippen MR) is 77.8 cm³/mol. The molecule has 2 aromatic heterocycles. The first kappa shape index (κ1) is 13.2. The Morgan fingerprint density at radius 3 is 2.43 bits per heavy atom. The molecule has 1 aliphatic rings. The van der Waals surface area contributed by atoms with Crippen molar-refractivity contribution in [3.63, 3.8) is 0 Å². The number of anilines is 2. The van der Waals surface area contributed by atoms with Crippen molar-refractivity contribution in [2.75, 3.05) is 36.0 Å². The Bertz CT molecular complexity index is 620. The van der Waals surface area contributed by atoms with Gasteiger partial charge in [-0.1, -0.05) is 0 Å². The molecule has 7 nitrogen and oxygen atoms in total. The SMILES string of the molecule is N#Cc1ccc(N2CCCN(c3ncccn3)CC2)nn1. The lowest BCUT2D eigenvalue weighted by Gasteiger charge is -2.22. The topological polar surface area (TPSA) is 81.8 Å². The van der Waals surface area contributed by atoms with E-state index in [2.05, 4.69) is 30.0 Å². The van der Waals surface area contributed by atoms with Crippen LogP contribution in [0.5, 0.6) is 0 Å². The minimum absolute atomic E-state index is 0.341. The molecule has 1 saturated heterocycles. The molecule has 3 heterocycles. The standard InChI is InChI=1S/C14H15N7/c15-11-12-3-4-13(19-18-12)20-7-2-8-21(10-9-20)14-16-5-1-6-17-14/h1,3-6H,2,7-10H2. The van der Waals surface area contributed by atoms with Gasteiger partial charge in [0, 0.05) is 38.6 Å². The third-order valence-electron chi connectivity index (χ3n) is 3.42. The molecular formula is C14H15N7. The first-order valence-electron chi connectivity index (χ1n) is 6.87. The third-order valence-corrected chi connectivity index (χ3v) is 3.42. The molecule has 7 heteroatoms. The number of nitrogens with zero attached hydrogens (tertiary/aromatic N) is 7. The van der Waals surface area contributed by atoms with Crippen molar-refractivity contribution in [2.45, 2.75) is 6.42 Å². The van der Waals surface area contributed by atoms with E-state index in [1.165, 1.54) is 0 Å². The lowest BCUT2D eigenvalue weighted by molar-refractivity contribution is 0.779. The van der Waals surface area contributed by atoms with Crippen LogP contribution >= 0.6 is 0 Å². The molecule has 3 rings (SSSR count). The van der Waals surface area contributed by atoms with E-state index in [9.17, 15) is 0 Å². The maximum absolute atomic E-state index is 8.76. The zero-order chi connectivity index (χ0) is 14.5. The molecule has 0 aromatic carbocycles. The summed E-state index contributed by atoms with van der Waals surface area (Å²) < 4.78 is 0. The highest BCUT2D eigenvalue weighted by molar-refractivity contribution is 5.40. The van der Waals surface area contributed by atoms with Crippen LogP contribution in [-0.4, -0.2) is 46.3 Å². The fourth-order valence-corrected chi connectivity index (χ4v) is 2.35. The second kappa shape index (κ2) is 6.13. The molecule has 0 atom stereocenters. The van der Waals surface area contributed by atoms with Gasteiger partial charge in [0.15, 0.2) is 11.5 Å². The fraction of sp³-hybridized carbons (Fsp3) is 0.357. The quantitative estimate of drug-likeness (QED) is 0.807. The Hall–Kier alpha value is -2.75. The molecule has 0 bridgehead atoms. The van der Waals surface area contributed by atoms with Crippen LogP contribution in [0.3, 0.4) is 0 Å². The number of aromatic nitrogens is 4. The highest BCUT2D eigenvalue weighted by atomic mass is 15.3. The molecule has 2 aromatic rings. The van der Waals surface area contributed by atoms with E-state index in [0.717, 1.165) is 44.4 Å². The van der Waals surface area contributed by atoms with Crippen molar-refractivity contribution < 1.29 is 0 Å². The van der Waals surface area contributed by atoms with Gasteiger partial charge in [-0.05, 0) is 24.6 Å². The van der Waals surface area contributed by atoms with Gasteiger partial charge >= 0.3 is 0 Å². The van der Waals surface area contributed by atoms with Gasteiger partial charge in [-0.15, -0.1) is 10.2 Å². The van der Waals surface area contributed by atoms with Gasteiger partial charge < -0.3 is 9.80 Å². The predicted octanol–water partition coefficient (Wildman–Crippen LogP) is 0.855. The van der Waals surface area contributed by atoms with Crippen LogP contribution in [-0.2, 0) is 0 Å². The molecule has 0 N–H and O–H groups in total. The Morgan fingerprint density at radius 2 is 1.71 bits per heavy atom. The second-order valence-corrected chi connectivity index (χ2v) is 4.77. The molecule has 1 aliphatic heterocycles. The minimum Gasteiger partial charge on any atom is -0.353 e. The summed E-state index contributed by atoms with van der Waals surface area (Å²) in [5, 5.41) is 16.8. The van der Waals surface area contributed by atoms with Crippen molar-refractivity contribution in [3.05, 3.63) is 36.3 Å². The summed E-state index contributed by atoms with van der Waals surface area (Å²) in [6.07, 6.45) is 4.52. The van der Waals surface area contributed by atoms with Crippen LogP contribution in [0, 0.1) is 11.3 Å². The van der Waals surface area contributed by atoms with E-state index in [4.69, 9.17) is 5.26 Å². The minimum atomic E-state index is 0.341. The molecule has 0 spiro atoms. The molecule has 0 amide bonds. The van der Waals surface area contributed by atoms with Gasteiger partial charge in [0.2, 0.25) is 5.95 Å². The number of hydrogen-bond donors (Lipinski definition) is 0. The van der Waals surface area contributed by atoms with Crippen molar-refractivity contribution in [2.24, 2.45) is 0 Å². The van der Waals surface area contributed by atoms with E-state index < -0.39 is 0 Å². The third kappa shape index (κ3) is 3.05. The molecule has 21 heavy (non-hydrogen) atoms. The highest BCUT2D eigenvalue weighted by Gasteiger charge is 2.17. The smallest absolute Gasteiger partial charge is 0.225 e. The lowest BCUT2D eigenvalue weighted by Crippen LogP contribution is -2.32. The molecule has 0 saturated carbocycles. The Kier molecular flexibility index (Phi) is 3.87.